The highest BCUT2D eigenvalue weighted by molar-refractivity contribution is 5.71. The summed E-state index contributed by atoms with van der Waals surface area (Å²) >= 11 is 0. The number of hydrogen-bond acceptors (Lipinski definition) is 5. The first-order chi connectivity index (χ1) is 10.1. The molecule has 2 heterocycles. The van der Waals surface area contributed by atoms with Crippen LogP contribution in [-0.4, -0.2) is 38.9 Å². The van der Waals surface area contributed by atoms with Gasteiger partial charge in [-0.05, 0) is 13.5 Å². The summed E-state index contributed by atoms with van der Waals surface area (Å²) in [7, 11) is 3.34. The molecule has 0 fully saturated rings. The Morgan fingerprint density at radius 1 is 1.29 bits per heavy atom. The second kappa shape index (κ2) is 6.23. The number of ether oxygens (including phenoxy) is 1. The Hall–Kier alpha value is -1.93. The first-order valence-electron chi connectivity index (χ1n) is 6.94. The monoisotopic (exact) mass is 295 g/mol. The minimum absolute atomic E-state index is 0.315. The molecule has 2 aromatic heterocycles. The largest absolute Gasteiger partial charge is 0.383 e. The summed E-state index contributed by atoms with van der Waals surface area (Å²) in [6.07, 6.45) is 0.551. The van der Waals surface area contributed by atoms with E-state index in [1.807, 2.05) is 0 Å². The van der Waals surface area contributed by atoms with E-state index in [9.17, 15) is 9.59 Å². The number of rotatable bonds is 6. The minimum Gasteiger partial charge on any atom is -0.383 e. The number of nitrogens with zero attached hydrogens (tertiary/aromatic N) is 4. The van der Waals surface area contributed by atoms with Gasteiger partial charge in [0.25, 0.3) is 5.56 Å². The van der Waals surface area contributed by atoms with Crippen molar-refractivity contribution in [1.82, 2.24) is 18.7 Å². The second-order valence-electron chi connectivity index (χ2n) is 4.77. The maximum absolute atomic E-state index is 12.5. The van der Waals surface area contributed by atoms with Gasteiger partial charge in [0.05, 0.1) is 13.2 Å². The molecule has 2 rings (SSSR count). The second-order valence-corrected chi connectivity index (χ2v) is 4.77. The number of nitrogens with two attached hydrogens (primary N) is 1. The molecule has 116 valence electrons. The maximum Gasteiger partial charge on any atom is 0.332 e. The third kappa shape index (κ3) is 2.52. The van der Waals surface area contributed by atoms with Gasteiger partial charge in [-0.15, -0.1) is 0 Å². The van der Waals surface area contributed by atoms with Gasteiger partial charge in [-0.2, -0.15) is 0 Å². The van der Waals surface area contributed by atoms with Gasteiger partial charge in [-0.25, -0.2) is 9.78 Å². The van der Waals surface area contributed by atoms with Crippen molar-refractivity contribution in [2.24, 2.45) is 12.8 Å². The van der Waals surface area contributed by atoms with Gasteiger partial charge >= 0.3 is 5.69 Å². The fourth-order valence-corrected chi connectivity index (χ4v) is 2.42. The first kappa shape index (κ1) is 15.5. The van der Waals surface area contributed by atoms with Crippen LogP contribution >= 0.6 is 0 Å². The van der Waals surface area contributed by atoms with Gasteiger partial charge in [0.15, 0.2) is 11.2 Å². The van der Waals surface area contributed by atoms with Crippen molar-refractivity contribution in [3.8, 4) is 0 Å². The van der Waals surface area contributed by atoms with Crippen LogP contribution in [0, 0.1) is 0 Å². The summed E-state index contributed by atoms with van der Waals surface area (Å²) in [4.78, 5) is 29.3. The van der Waals surface area contributed by atoms with E-state index in [2.05, 4.69) is 4.98 Å². The SMILES string of the molecule is CCn1c(=O)c2c(nc(CCN)n2C)n(CCOC)c1=O. The van der Waals surface area contributed by atoms with Crippen molar-refractivity contribution >= 4 is 11.2 Å². The summed E-state index contributed by atoms with van der Waals surface area (Å²) in [5, 5.41) is 0. The van der Waals surface area contributed by atoms with Crippen molar-refractivity contribution in [1.29, 1.82) is 0 Å². The summed E-state index contributed by atoms with van der Waals surface area (Å²) < 4.78 is 9.46. The molecule has 0 saturated heterocycles. The predicted molar refractivity (Wildman–Crippen MR) is 79.5 cm³/mol. The molecule has 2 aromatic rings. The molecule has 0 atom stereocenters. The van der Waals surface area contributed by atoms with Crippen molar-refractivity contribution in [2.45, 2.75) is 26.4 Å². The van der Waals surface area contributed by atoms with Crippen molar-refractivity contribution in [2.75, 3.05) is 20.3 Å². The lowest BCUT2D eigenvalue weighted by atomic mass is 10.4. The highest BCUT2D eigenvalue weighted by Crippen LogP contribution is 2.10. The third-order valence-corrected chi connectivity index (χ3v) is 3.54. The molecule has 0 radical (unpaired) electrons. The van der Waals surface area contributed by atoms with Gasteiger partial charge in [-0.3, -0.25) is 13.9 Å². The molecule has 0 spiro atoms. The highest BCUT2D eigenvalue weighted by atomic mass is 16.5. The zero-order valence-corrected chi connectivity index (χ0v) is 12.6. The molecule has 0 saturated carbocycles. The fraction of sp³-hybridized carbons (Fsp3) is 0.615. The molecular weight excluding hydrogens is 274 g/mol. The number of aromatic nitrogens is 4. The van der Waals surface area contributed by atoms with Gasteiger partial charge in [0, 0.05) is 27.1 Å². The van der Waals surface area contributed by atoms with Crippen LogP contribution in [0.25, 0.3) is 11.2 Å². The molecule has 0 aliphatic rings. The number of imidazole rings is 1. The summed E-state index contributed by atoms with van der Waals surface area (Å²) in [5.74, 6) is 0.698. The molecule has 0 bridgehead atoms. The summed E-state index contributed by atoms with van der Waals surface area (Å²) in [5.41, 5.74) is 5.72. The van der Waals surface area contributed by atoms with Crippen LogP contribution in [0.3, 0.4) is 0 Å². The van der Waals surface area contributed by atoms with E-state index in [0.717, 1.165) is 0 Å². The van der Waals surface area contributed by atoms with E-state index in [4.69, 9.17) is 10.5 Å². The Labute approximate surface area is 121 Å². The Kier molecular flexibility index (Phi) is 4.59. The standard InChI is InChI=1S/C13H21N5O3/c1-4-17-12(19)10-11(15-9(5-6-14)16(10)2)18(13(17)20)7-8-21-3/h4-8,14H2,1-3H3. The molecule has 0 aromatic carbocycles. The molecule has 8 heteroatoms. The topological polar surface area (TPSA) is 97.1 Å². The molecule has 0 amide bonds. The van der Waals surface area contributed by atoms with E-state index in [1.54, 1.807) is 25.6 Å². The Bertz CT molecular complexity index is 756. The zero-order valence-electron chi connectivity index (χ0n) is 12.6. The smallest absolute Gasteiger partial charge is 0.332 e. The number of hydrogen-bond donors (Lipinski definition) is 1. The number of methoxy groups -OCH3 is 1. The molecule has 8 nitrogen and oxygen atoms in total. The molecule has 0 aliphatic carbocycles. The quantitative estimate of drug-likeness (QED) is 0.742. The van der Waals surface area contributed by atoms with Crippen LogP contribution in [0.4, 0.5) is 0 Å². The van der Waals surface area contributed by atoms with E-state index >= 15 is 0 Å². The van der Waals surface area contributed by atoms with Crippen LogP contribution in [0.1, 0.15) is 12.7 Å². The number of aryl methyl sites for hydroxylation is 1. The number of fused-ring (bicyclic) bond motifs is 1. The third-order valence-electron chi connectivity index (χ3n) is 3.54. The molecular formula is C13H21N5O3. The van der Waals surface area contributed by atoms with Gasteiger partial charge in [-0.1, -0.05) is 0 Å². The average molecular weight is 295 g/mol. The lowest BCUT2D eigenvalue weighted by Crippen LogP contribution is -2.40. The average Bonchev–Trinajstić information content (AvgIpc) is 2.77. The molecule has 2 N–H and O–H groups in total. The van der Waals surface area contributed by atoms with Gasteiger partial charge < -0.3 is 15.0 Å². The van der Waals surface area contributed by atoms with Crippen LogP contribution in [0.5, 0.6) is 0 Å². The highest BCUT2D eigenvalue weighted by Gasteiger charge is 2.18. The van der Waals surface area contributed by atoms with Crippen molar-refractivity contribution in [3.05, 3.63) is 26.7 Å². The van der Waals surface area contributed by atoms with Gasteiger partial charge in [0.1, 0.15) is 5.82 Å². The maximum atomic E-state index is 12.5. The van der Waals surface area contributed by atoms with Crippen LogP contribution in [-0.2, 0) is 31.3 Å². The molecule has 0 aliphatic heterocycles. The minimum atomic E-state index is -0.357. The lowest BCUT2D eigenvalue weighted by molar-refractivity contribution is 0.186. The summed E-state index contributed by atoms with van der Waals surface area (Å²) in [6.45, 7) is 3.25. The molecule has 21 heavy (non-hydrogen) atoms. The van der Waals surface area contributed by atoms with E-state index in [-0.39, 0.29) is 11.2 Å². The zero-order chi connectivity index (χ0) is 15.6. The Morgan fingerprint density at radius 2 is 2.00 bits per heavy atom. The van der Waals surface area contributed by atoms with Gasteiger partial charge in [0.2, 0.25) is 0 Å². The summed E-state index contributed by atoms with van der Waals surface area (Å²) in [6, 6.07) is 0. The van der Waals surface area contributed by atoms with E-state index in [1.165, 1.54) is 9.13 Å². The predicted octanol–water partition coefficient (Wildman–Crippen LogP) is -0.936. The van der Waals surface area contributed by atoms with E-state index in [0.29, 0.717) is 49.7 Å². The molecule has 0 unspecified atom stereocenters. The normalized spacial score (nSPS) is 11.4. The van der Waals surface area contributed by atoms with Crippen LogP contribution < -0.4 is 17.0 Å². The van der Waals surface area contributed by atoms with Crippen molar-refractivity contribution in [3.63, 3.8) is 0 Å². The first-order valence-corrected chi connectivity index (χ1v) is 6.94. The Morgan fingerprint density at radius 3 is 2.57 bits per heavy atom. The van der Waals surface area contributed by atoms with Crippen molar-refractivity contribution < 1.29 is 4.74 Å². The lowest BCUT2D eigenvalue weighted by Gasteiger charge is -2.09. The van der Waals surface area contributed by atoms with Crippen LogP contribution in [0.15, 0.2) is 9.59 Å². The fourth-order valence-electron chi connectivity index (χ4n) is 2.42. The Balaban J connectivity index is 2.83. The van der Waals surface area contributed by atoms with E-state index < -0.39 is 0 Å². The van der Waals surface area contributed by atoms with Crippen LogP contribution in [0.2, 0.25) is 0 Å².